The van der Waals surface area contributed by atoms with Crippen molar-refractivity contribution in [2.24, 2.45) is 0 Å². The van der Waals surface area contributed by atoms with Gasteiger partial charge in [0, 0.05) is 37.1 Å². The summed E-state index contributed by atoms with van der Waals surface area (Å²) in [7, 11) is 0. The lowest BCUT2D eigenvalue weighted by Crippen LogP contribution is -2.54. The fraction of sp³-hybridized carbons (Fsp3) is 0.345. The molecule has 9 heteroatoms. The number of carbonyl (C=O) groups is 1. The van der Waals surface area contributed by atoms with E-state index < -0.39 is 5.60 Å². The summed E-state index contributed by atoms with van der Waals surface area (Å²) in [4.78, 5) is 21.1. The third-order valence-corrected chi connectivity index (χ3v) is 6.49. The Bertz CT molecular complexity index is 1430. The van der Waals surface area contributed by atoms with Gasteiger partial charge in [-0.3, -0.25) is 4.98 Å². The van der Waals surface area contributed by atoms with Gasteiger partial charge < -0.3 is 25.0 Å². The third-order valence-electron chi connectivity index (χ3n) is 6.49. The molecule has 0 saturated carbocycles. The highest BCUT2D eigenvalue weighted by Crippen LogP contribution is 2.30. The van der Waals surface area contributed by atoms with Crippen LogP contribution in [0.2, 0.25) is 0 Å². The van der Waals surface area contributed by atoms with Gasteiger partial charge in [0.1, 0.15) is 18.0 Å². The predicted octanol–water partition coefficient (Wildman–Crippen LogP) is 5.03. The van der Waals surface area contributed by atoms with Gasteiger partial charge in [-0.2, -0.15) is 0 Å². The molecule has 1 aliphatic rings. The molecule has 198 valence electrons. The van der Waals surface area contributed by atoms with Gasteiger partial charge in [-0.1, -0.05) is 30.3 Å². The minimum atomic E-state index is -0.517. The Morgan fingerprint density at radius 1 is 1.05 bits per heavy atom. The number of hydrogen-bond donors (Lipinski definition) is 1. The minimum Gasteiger partial charge on any atom is -0.489 e. The molecule has 4 aromatic rings. The van der Waals surface area contributed by atoms with E-state index in [2.05, 4.69) is 28.0 Å². The number of pyridine rings is 1. The van der Waals surface area contributed by atoms with Crippen LogP contribution in [0.15, 0.2) is 67.0 Å². The summed E-state index contributed by atoms with van der Waals surface area (Å²) in [6.07, 6.45) is 3.33. The van der Waals surface area contributed by atoms with E-state index in [1.54, 1.807) is 15.8 Å². The Labute approximate surface area is 222 Å². The first-order valence-corrected chi connectivity index (χ1v) is 12.8. The lowest BCUT2D eigenvalue weighted by molar-refractivity contribution is 0.0219. The molecule has 0 spiro atoms. The van der Waals surface area contributed by atoms with E-state index in [1.165, 1.54) is 0 Å². The van der Waals surface area contributed by atoms with Crippen LogP contribution in [0, 0.1) is 0 Å². The number of anilines is 2. The van der Waals surface area contributed by atoms with Crippen molar-refractivity contribution < 1.29 is 14.3 Å². The SMILES string of the molecule is C[C@H]1CN(C(=O)OC(C)(C)C)CCN1c1cncc(-n2nc(N)c3ccc(OCc4ccccc4)cc32)c1. The Balaban J connectivity index is 1.36. The largest absolute Gasteiger partial charge is 0.489 e. The number of nitrogen functional groups attached to an aromatic ring is 1. The maximum atomic E-state index is 12.6. The van der Waals surface area contributed by atoms with Crippen LogP contribution in [-0.4, -0.2) is 57.0 Å². The summed E-state index contributed by atoms with van der Waals surface area (Å²) < 4.78 is 13.4. The van der Waals surface area contributed by atoms with Gasteiger partial charge >= 0.3 is 6.09 Å². The van der Waals surface area contributed by atoms with E-state index in [1.807, 2.05) is 75.5 Å². The smallest absolute Gasteiger partial charge is 0.410 e. The highest BCUT2D eigenvalue weighted by molar-refractivity contribution is 5.91. The van der Waals surface area contributed by atoms with Crippen LogP contribution in [0.3, 0.4) is 0 Å². The first-order valence-electron chi connectivity index (χ1n) is 12.8. The zero-order chi connectivity index (χ0) is 26.9. The first kappa shape index (κ1) is 25.4. The van der Waals surface area contributed by atoms with Gasteiger partial charge in [0.05, 0.1) is 29.3 Å². The molecular formula is C29H34N6O3. The van der Waals surface area contributed by atoms with Gasteiger partial charge in [0.2, 0.25) is 0 Å². The molecule has 0 unspecified atom stereocenters. The molecule has 0 aliphatic carbocycles. The molecule has 9 nitrogen and oxygen atoms in total. The normalized spacial score (nSPS) is 16.1. The molecule has 1 fully saturated rings. The van der Waals surface area contributed by atoms with Crippen molar-refractivity contribution in [3.05, 3.63) is 72.6 Å². The number of fused-ring (bicyclic) bond motifs is 1. The Morgan fingerprint density at radius 3 is 2.55 bits per heavy atom. The molecule has 0 radical (unpaired) electrons. The summed E-state index contributed by atoms with van der Waals surface area (Å²) in [5.41, 5.74) is 9.44. The number of piperazine rings is 1. The number of rotatable bonds is 5. The lowest BCUT2D eigenvalue weighted by atomic mass is 10.1. The van der Waals surface area contributed by atoms with Crippen LogP contribution in [-0.2, 0) is 11.3 Å². The van der Waals surface area contributed by atoms with Crippen LogP contribution in [0.1, 0.15) is 33.3 Å². The van der Waals surface area contributed by atoms with Gasteiger partial charge in [-0.25, -0.2) is 9.48 Å². The molecule has 3 heterocycles. The average Bonchev–Trinajstić information content (AvgIpc) is 3.23. The number of nitrogens with two attached hydrogens (primary N) is 1. The molecule has 2 N–H and O–H groups in total. The molecule has 1 aliphatic heterocycles. The molecule has 38 heavy (non-hydrogen) atoms. The number of hydrogen-bond acceptors (Lipinski definition) is 7. The van der Waals surface area contributed by atoms with Gasteiger partial charge in [0.15, 0.2) is 5.82 Å². The number of aromatic nitrogens is 3. The molecule has 0 bridgehead atoms. The van der Waals surface area contributed by atoms with Crippen LogP contribution in [0.5, 0.6) is 5.75 Å². The number of nitrogens with zero attached hydrogens (tertiary/aromatic N) is 5. The van der Waals surface area contributed by atoms with Crippen molar-refractivity contribution in [2.45, 2.75) is 45.9 Å². The maximum Gasteiger partial charge on any atom is 0.410 e. The molecule has 1 atom stereocenters. The standard InChI is InChI=1S/C29H34N6O3/c1-20-18-33(28(36)38-29(2,3)4)12-13-34(20)22-14-23(17-31-16-22)35-26-15-24(10-11-25(26)27(30)32-35)37-19-21-8-6-5-7-9-21/h5-11,14-17,20H,12-13,18-19H2,1-4H3,(H2,30,32)/t20-/m0/s1. The van der Waals surface area contributed by atoms with E-state index in [-0.39, 0.29) is 12.1 Å². The van der Waals surface area contributed by atoms with Crippen LogP contribution < -0.4 is 15.4 Å². The average molecular weight is 515 g/mol. The lowest BCUT2D eigenvalue weighted by Gasteiger charge is -2.41. The quantitative estimate of drug-likeness (QED) is 0.399. The van der Waals surface area contributed by atoms with Crippen LogP contribution in [0.4, 0.5) is 16.3 Å². The van der Waals surface area contributed by atoms with Crippen molar-refractivity contribution in [1.29, 1.82) is 0 Å². The Morgan fingerprint density at radius 2 is 1.82 bits per heavy atom. The fourth-order valence-electron chi connectivity index (χ4n) is 4.67. The molecule has 2 aromatic heterocycles. The van der Waals surface area contributed by atoms with Gasteiger partial charge in [-0.05, 0) is 51.5 Å². The van der Waals surface area contributed by atoms with Gasteiger partial charge in [-0.15, -0.1) is 5.10 Å². The second-order valence-electron chi connectivity index (χ2n) is 10.6. The zero-order valence-corrected chi connectivity index (χ0v) is 22.3. The third kappa shape index (κ3) is 5.51. The van der Waals surface area contributed by atoms with E-state index in [0.717, 1.165) is 33.6 Å². The highest BCUT2D eigenvalue weighted by Gasteiger charge is 2.30. The molecular weight excluding hydrogens is 480 g/mol. The van der Waals surface area contributed by atoms with E-state index >= 15 is 0 Å². The zero-order valence-electron chi connectivity index (χ0n) is 22.3. The number of amides is 1. The number of carbonyl (C=O) groups excluding carboxylic acids is 1. The van der Waals surface area contributed by atoms with Crippen molar-refractivity contribution in [1.82, 2.24) is 19.7 Å². The highest BCUT2D eigenvalue weighted by atomic mass is 16.6. The maximum absolute atomic E-state index is 12.6. The summed E-state index contributed by atoms with van der Waals surface area (Å²) in [6.45, 7) is 10.0. The van der Waals surface area contributed by atoms with E-state index in [4.69, 9.17) is 15.2 Å². The summed E-state index contributed by atoms with van der Waals surface area (Å²) >= 11 is 0. The topological polar surface area (TPSA) is 98.7 Å². The van der Waals surface area contributed by atoms with Crippen molar-refractivity contribution in [3.8, 4) is 11.4 Å². The fourth-order valence-corrected chi connectivity index (χ4v) is 4.67. The van der Waals surface area contributed by atoms with Crippen LogP contribution in [0.25, 0.3) is 16.6 Å². The molecule has 1 amide bonds. The summed E-state index contributed by atoms with van der Waals surface area (Å²) in [6, 6.07) is 18.0. The van der Waals surface area contributed by atoms with Crippen molar-refractivity contribution in [2.75, 3.05) is 30.3 Å². The van der Waals surface area contributed by atoms with E-state index in [9.17, 15) is 4.79 Å². The molecule has 5 rings (SSSR count). The van der Waals surface area contributed by atoms with Crippen molar-refractivity contribution >= 4 is 28.5 Å². The first-order chi connectivity index (χ1) is 18.2. The second-order valence-corrected chi connectivity index (χ2v) is 10.6. The number of ether oxygens (including phenoxy) is 2. The van der Waals surface area contributed by atoms with Crippen LogP contribution >= 0.6 is 0 Å². The number of benzene rings is 2. The molecule has 1 saturated heterocycles. The van der Waals surface area contributed by atoms with Crippen molar-refractivity contribution in [3.63, 3.8) is 0 Å². The Hall–Kier alpha value is -4.27. The molecule has 2 aromatic carbocycles. The van der Waals surface area contributed by atoms with Gasteiger partial charge in [0.25, 0.3) is 0 Å². The summed E-state index contributed by atoms with van der Waals surface area (Å²) in [5, 5.41) is 5.45. The summed E-state index contributed by atoms with van der Waals surface area (Å²) in [5.74, 6) is 1.18. The second kappa shape index (κ2) is 10.2. The Kier molecular flexibility index (Phi) is 6.84. The predicted molar refractivity (Wildman–Crippen MR) is 149 cm³/mol. The van der Waals surface area contributed by atoms with E-state index in [0.29, 0.717) is 32.1 Å². The monoisotopic (exact) mass is 514 g/mol. The minimum absolute atomic E-state index is 0.0887.